The van der Waals surface area contributed by atoms with Crippen molar-refractivity contribution in [1.29, 1.82) is 0 Å². The van der Waals surface area contributed by atoms with Crippen LogP contribution in [0.5, 0.6) is 0 Å². The number of rotatable bonds is 6. The van der Waals surface area contributed by atoms with E-state index >= 15 is 0 Å². The molecule has 7 heteroatoms. The van der Waals surface area contributed by atoms with Gasteiger partial charge in [0.2, 0.25) is 10.0 Å². The van der Waals surface area contributed by atoms with E-state index in [0.717, 1.165) is 19.3 Å². The van der Waals surface area contributed by atoms with Crippen LogP contribution in [0.4, 0.5) is 5.69 Å². The van der Waals surface area contributed by atoms with Gasteiger partial charge in [0.25, 0.3) is 5.91 Å². The molecule has 2 aromatic rings. The Balaban J connectivity index is 1.77. The molecule has 0 spiro atoms. The molecule has 26 heavy (non-hydrogen) atoms. The normalized spacial score (nSPS) is 13.9. The minimum Gasteiger partial charge on any atom is -0.329 e. The highest BCUT2D eigenvalue weighted by molar-refractivity contribution is 7.89. The molecule has 6 nitrogen and oxygen atoms in total. The number of sulfonamides is 1. The lowest BCUT2D eigenvalue weighted by atomic mass is 9.90. The van der Waals surface area contributed by atoms with Crippen LogP contribution >= 0.6 is 0 Å². The molecule has 138 valence electrons. The van der Waals surface area contributed by atoms with Crippen LogP contribution in [-0.2, 0) is 22.9 Å². The van der Waals surface area contributed by atoms with Gasteiger partial charge in [0.1, 0.15) is 0 Å². The summed E-state index contributed by atoms with van der Waals surface area (Å²) in [5, 5.41) is 2.78. The van der Waals surface area contributed by atoms with E-state index in [0.29, 0.717) is 11.3 Å². The van der Waals surface area contributed by atoms with E-state index in [2.05, 4.69) is 10.0 Å². The third kappa shape index (κ3) is 4.30. The number of nitrogens with one attached hydrogen (secondary N) is 2. The molecule has 0 heterocycles. The van der Waals surface area contributed by atoms with Crippen molar-refractivity contribution in [2.75, 3.05) is 18.4 Å². The lowest BCUT2D eigenvalue weighted by molar-refractivity contribution is 0.102. The summed E-state index contributed by atoms with van der Waals surface area (Å²) < 4.78 is 26.8. The predicted molar refractivity (Wildman–Crippen MR) is 102 cm³/mol. The SMILES string of the molecule is NCCNS(=O)(=O)c1cccc(NC(=O)c2ccc3c(c2)CCCC3)c1. The van der Waals surface area contributed by atoms with Gasteiger partial charge in [0, 0.05) is 24.3 Å². The third-order valence-electron chi connectivity index (χ3n) is 4.45. The number of carbonyl (C=O) groups excluding carboxylic acids is 1. The lowest BCUT2D eigenvalue weighted by Crippen LogP contribution is -2.29. The van der Waals surface area contributed by atoms with Crippen molar-refractivity contribution >= 4 is 21.6 Å². The number of hydrogen-bond donors (Lipinski definition) is 3. The van der Waals surface area contributed by atoms with E-state index in [1.165, 1.54) is 29.7 Å². The standard InChI is InChI=1S/C19H23N3O3S/c20-10-11-21-26(24,25)18-7-3-6-17(13-18)22-19(23)16-9-8-14-4-1-2-5-15(14)12-16/h3,6-9,12-13,21H,1-2,4-5,10-11,20H2,(H,22,23). The Morgan fingerprint density at radius 3 is 2.58 bits per heavy atom. The topological polar surface area (TPSA) is 101 Å². The number of carbonyl (C=O) groups is 1. The van der Waals surface area contributed by atoms with Crippen LogP contribution in [0.15, 0.2) is 47.4 Å². The van der Waals surface area contributed by atoms with E-state index in [-0.39, 0.29) is 23.9 Å². The zero-order valence-corrected chi connectivity index (χ0v) is 15.3. The van der Waals surface area contributed by atoms with Gasteiger partial charge >= 0.3 is 0 Å². The summed E-state index contributed by atoms with van der Waals surface area (Å²) >= 11 is 0. The molecule has 0 saturated carbocycles. The van der Waals surface area contributed by atoms with Crippen LogP contribution in [0, 0.1) is 0 Å². The molecule has 1 aliphatic carbocycles. The molecule has 0 radical (unpaired) electrons. The second kappa shape index (κ2) is 7.99. The molecule has 0 bridgehead atoms. The summed E-state index contributed by atoms with van der Waals surface area (Å²) in [5.41, 5.74) is 8.90. The van der Waals surface area contributed by atoms with Crippen molar-refractivity contribution in [3.63, 3.8) is 0 Å². The van der Waals surface area contributed by atoms with Crippen LogP contribution in [0.2, 0.25) is 0 Å². The maximum atomic E-state index is 12.5. The van der Waals surface area contributed by atoms with Crippen molar-refractivity contribution in [1.82, 2.24) is 4.72 Å². The van der Waals surface area contributed by atoms with E-state index in [1.807, 2.05) is 18.2 Å². The van der Waals surface area contributed by atoms with Gasteiger partial charge in [-0.25, -0.2) is 13.1 Å². The Labute approximate surface area is 153 Å². The van der Waals surface area contributed by atoms with E-state index in [1.54, 1.807) is 12.1 Å². The Morgan fingerprint density at radius 1 is 1.04 bits per heavy atom. The number of nitrogens with two attached hydrogens (primary N) is 1. The molecule has 4 N–H and O–H groups in total. The summed E-state index contributed by atoms with van der Waals surface area (Å²) in [4.78, 5) is 12.6. The second-order valence-electron chi connectivity index (χ2n) is 6.36. The molecule has 0 fully saturated rings. The molecule has 3 rings (SSSR count). The summed E-state index contributed by atoms with van der Waals surface area (Å²) in [6.45, 7) is 0.377. The summed E-state index contributed by atoms with van der Waals surface area (Å²) in [6, 6.07) is 12.0. The molecular weight excluding hydrogens is 350 g/mol. The van der Waals surface area contributed by atoms with Crippen molar-refractivity contribution < 1.29 is 13.2 Å². The minimum absolute atomic E-state index is 0.0918. The molecule has 1 amide bonds. The van der Waals surface area contributed by atoms with E-state index < -0.39 is 10.0 Å². The largest absolute Gasteiger partial charge is 0.329 e. The van der Waals surface area contributed by atoms with E-state index in [9.17, 15) is 13.2 Å². The number of benzene rings is 2. The van der Waals surface area contributed by atoms with Gasteiger partial charge in [-0.2, -0.15) is 0 Å². The van der Waals surface area contributed by atoms with Gasteiger partial charge in [-0.15, -0.1) is 0 Å². The molecule has 0 atom stereocenters. The molecule has 0 unspecified atom stereocenters. The van der Waals surface area contributed by atoms with Crippen LogP contribution in [0.1, 0.15) is 34.3 Å². The zero-order chi connectivity index (χ0) is 18.6. The highest BCUT2D eigenvalue weighted by atomic mass is 32.2. The maximum absolute atomic E-state index is 12.5. The number of amides is 1. The van der Waals surface area contributed by atoms with Gasteiger partial charge in [0.15, 0.2) is 0 Å². The lowest BCUT2D eigenvalue weighted by Gasteiger charge is -2.16. The predicted octanol–water partition coefficient (Wildman–Crippen LogP) is 2.05. The van der Waals surface area contributed by atoms with Gasteiger partial charge in [-0.1, -0.05) is 12.1 Å². The minimum atomic E-state index is -3.64. The summed E-state index contributed by atoms with van der Waals surface area (Å²) in [6.07, 6.45) is 4.40. The van der Waals surface area contributed by atoms with Crippen LogP contribution < -0.4 is 15.8 Å². The number of hydrogen-bond acceptors (Lipinski definition) is 4. The summed E-state index contributed by atoms with van der Waals surface area (Å²) in [5.74, 6) is -0.247. The fourth-order valence-corrected chi connectivity index (χ4v) is 4.19. The summed E-state index contributed by atoms with van der Waals surface area (Å²) in [7, 11) is -3.64. The highest BCUT2D eigenvalue weighted by Crippen LogP contribution is 2.23. The van der Waals surface area contributed by atoms with E-state index in [4.69, 9.17) is 5.73 Å². The smallest absolute Gasteiger partial charge is 0.255 e. The molecular formula is C19H23N3O3S. The van der Waals surface area contributed by atoms with Gasteiger partial charge in [0.05, 0.1) is 4.90 Å². The zero-order valence-electron chi connectivity index (χ0n) is 14.5. The Bertz CT molecular complexity index is 910. The van der Waals surface area contributed by atoms with Crippen molar-refractivity contribution in [3.8, 4) is 0 Å². The maximum Gasteiger partial charge on any atom is 0.255 e. The first-order chi connectivity index (χ1) is 12.5. The van der Waals surface area contributed by atoms with Crippen LogP contribution in [-0.4, -0.2) is 27.4 Å². The molecule has 0 aromatic heterocycles. The quantitative estimate of drug-likeness (QED) is 0.721. The average molecular weight is 373 g/mol. The van der Waals surface area contributed by atoms with Crippen LogP contribution in [0.3, 0.4) is 0 Å². The van der Waals surface area contributed by atoms with Gasteiger partial charge < -0.3 is 11.1 Å². The second-order valence-corrected chi connectivity index (χ2v) is 8.13. The first kappa shape index (κ1) is 18.6. The molecule has 0 saturated heterocycles. The van der Waals surface area contributed by atoms with Gasteiger partial charge in [-0.05, 0) is 67.1 Å². The number of aryl methyl sites for hydroxylation is 2. The van der Waals surface area contributed by atoms with Crippen LogP contribution in [0.25, 0.3) is 0 Å². The Hall–Kier alpha value is -2.22. The molecule has 2 aromatic carbocycles. The Morgan fingerprint density at radius 2 is 1.81 bits per heavy atom. The van der Waals surface area contributed by atoms with Crippen molar-refractivity contribution in [3.05, 3.63) is 59.2 Å². The first-order valence-corrected chi connectivity index (χ1v) is 10.2. The Kier molecular flexibility index (Phi) is 5.70. The third-order valence-corrected chi connectivity index (χ3v) is 5.91. The fraction of sp³-hybridized carbons (Fsp3) is 0.316. The number of anilines is 1. The monoisotopic (exact) mass is 373 g/mol. The number of fused-ring (bicyclic) bond motifs is 1. The molecule has 0 aliphatic heterocycles. The highest BCUT2D eigenvalue weighted by Gasteiger charge is 2.16. The first-order valence-electron chi connectivity index (χ1n) is 8.72. The van der Waals surface area contributed by atoms with Crippen molar-refractivity contribution in [2.24, 2.45) is 5.73 Å². The molecule has 1 aliphatic rings. The van der Waals surface area contributed by atoms with Gasteiger partial charge in [-0.3, -0.25) is 4.79 Å². The van der Waals surface area contributed by atoms with Crippen molar-refractivity contribution in [2.45, 2.75) is 30.6 Å². The average Bonchev–Trinajstić information content (AvgIpc) is 2.66. The fourth-order valence-electron chi connectivity index (χ4n) is 3.10.